The molecule has 144 valence electrons. The number of nitro groups is 1. The van der Waals surface area contributed by atoms with E-state index in [4.69, 9.17) is 11.5 Å². The average molecular weight is 365 g/mol. The van der Waals surface area contributed by atoms with E-state index in [1.807, 2.05) is 13.8 Å². The van der Waals surface area contributed by atoms with E-state index < -0.39 is 28.8 Å². The van der Waals surface area contributed by atoms with Gasteiger partial charge in [0.15, 0.2) is 0 Å². The first kappa shape index (κ1) is 21.5. The molecular formula is C17H27N5O4. The van der Waals surface area contributed by atoms with Crippen LogP contribution >= 0.6 is 0 Å². The highest BCUT2D eigenvalue weighted by molar-refractivity contribution is 5.97. The summed E-state index contributed by atoms with van der Waals surface area (Å²) in [6.45, 7) is 4.14. The highest BCUT2D eigenvalue weighted by Crippen LogP contribution is 2.16. The van der Waals surface area contributed by atoms with Crippen molar-refractivity contribution in [1.29, 1.82) is 0 Å². The Morgan fingerprint density at radius 1 is 1.15 bits per heavy atom. The lowest BCUT2D eigenvalue weighted by Gasteiger charge is -2.22. The number of anilines is 1. The Balaban J connectivity index is 2.79. The van der Waals surface area contributed by atoms with E-state index in [2.05, 4.69) is 10.6 Å². The minimum absolute atomic E-state index is 0.0579. The lowest BCUT2D eigenvalue weighted by molar-refractivity contribution is -0.384. The third-order valence-corrected chi connectivity index (χ3v) is 3.95. The van der Waals surface area contributed by atoms with Gasteiger partial charge in [0.1, 0.15) is 6.04 Å². The van der Waals surface area contributed by atoms with Gasteiger partial charge in [-0.25, -0.2) is 0 Å². The second-order valence-corrected chi connectivity index (χ2v) is 6.41. The zero-order chi connectivity index (χ0) is 19.7. The predicted molar refractivity (Wildman–Crippen MR) is 99.4 cm³/mol. The Morgan fingerprint density at radius 2 is 1.77 bits per heavy atom. The van der Waals surface area contributed by atoms with Crippen LogP contribution in [0.25, 0.3) is 0 Å². The monoisotopic (exact) mass is 365 g/mol. The summed E-state index contributed by atoms with van der Waals surface area (Å²) in [5, 5.41) is 16.0. The summed E-state index contributed by atoms with van der Waals surface area (Å²) in [6, 6.07) is 4.01. The second kappa shape index (κ2) is 10.5. The van der Waals surface area contributed by atoms with Crippen LogP contribution in [0, 0.1) is 16.0 Å². The molecule has 0 aliphatic heterocycles. The molecule has 0 unspecified atom stereocenters. The summed E-state index contributed by atoms with van der Waals surface area (Å²) >= 11 is 0. The normalized spacial score (nSPS) is 13.1. The fraction of sp³-hybridized carbons (Fsp3) is 0.529. The topological polar surface area (TPSA) is 153 Å². The smallest absolute Gasteiger partial charge is 0.269 e. The third kappa shape index (κ3) is 6.77. The van der Waals surface area contributed by atoms with Gasteiger partial charge in [0.05, 0.1) is 11.0 Å². The molecule has 0 aliphatic carbocycles. The van der Waals surface area contributed by atoms with Crippen molar-refractivity contribution in [3.05, 3.63) is 34.4 Å². The number of carbonyl (C=O) groups excluding carboxylic acids is 2. The van der Waals surface area contributed by atoms with Crippen molar-refractivity contribution >= 4 is 23.2 Å². The average Bonchev–Trinajstić information content (AvgIpc) is 2.60. The number of nitro benzene ring substituents is 1. The van der Waals surface area contributed by atoms with Crippen molar-refractivity contribution < 1.29 is 14.5 Å². The minimum Gasteiger partial charge on any atom is -0.343 e. The Labute approximate surface area is 152 Å². The van der Waals surface area contributed by atoms with Crippen LogP contribution in [0.1, 0.15) is 33.1 Å². The number of amides is 2. The van der Waals surface area contributed by atoms with Crippen molar-refractivity contribution in [1.82, 2.24) is 5.32 Å². The van der Waals surface area contributed by atoms with Crippen LogP contribution in [-0.2, 0) is 9.59 Å². The maximum Gasteiger partial charge on any atom is 0.269 e. The lowest BCUT2D eigenvalue weighted by Crippen LogP contribution is -2.51. The van der Waals surface area contributed by atoms with Crippen LogP contribution < -0.4 is 22.1 Å². The molecule has 1 aromatic carbocycles. The maximum absolute atomic E-state index is 12.5. The number of nitrogens with one attached hydrogen (secondary N) is 2. The number of nitrogens with two attached hydrogens (primary N) is 2. The molecule has 2 atom stereocenters. The lowest BCUT2D eigenvalue weighted by atomic mass is 10.0. The van der Waals surface area contributed by atoms with E-state index in [1.54, 1.807) is 0 Å². The van der Waals surface area contributed by atoms with Gasteiger partial charge in [-0.2, -0.15) is 0 Å². The van der Waals surface area contributed by atoms with E-state index in [0.717, 1.165) is 6.42 Å². The van der Waals surface area contributed by atoms with Gasteiger partial charge in [0.25, 0.3) is 5.69 Å². The number of carbonyl (C=O) groups is 2. The Morgan fingerprint density at radius 3 is 2.27 bits per heavy atom. The molecule has 1 aromatic rings. The first-order chi connectivity index (χ1) is 12.3. The summed E-state index contributed by atoms with van der Waals surface area (Å²) in [6.07, 6.45) is 1.83. The van der Waals surface area contributed by atoms with E-state index in [1.165, 1.54) is 24.3 Å². The molecule has 0 saturated carbocycles. The summed E-state index contributed by atoms with van der Waals surface area (Å²) in [5.74, 6) is -0.853. The molecule has 0 aliphatic rings. The second-order valence-electron chi connectivity index (χ2n) is 6.41. The Hall–Kier alpha value is -2.52. The molecule has 0 fully saturated rings. The fourth-order valence-electron chi connectivity index (χ4n) is 2.23. The number of hydrogen-bond acceptors (Lipinski definition) is 6. The zero-order valence-corrected chi connectivity index (χ0v) is 15.1. The van der Waals surface area contributed by atoms with Gasteiger partial charge in [-0.05, 0) is 43.9 Å². The summed E-state index contributed by atoms with van der Waals surface area (Å²) in [5.41, 5.74) is 11.7. The van der Waals surface area contributed by atoms with E-state index in [-0.39, 0.29) is 11.6 Å². The molecule has 9 nitrogen and oxygen atoms in total. The van der Waals surface area contributed by atoms with Gasteiger partial charge in [-0.15, -0.1) is 0 Å². The number of nitrogens with zero attached hydrogens (tertiary/aromatic N) is 1. The zero-order valence-electron chi connectivity index (χ0n) is 15.1. The van der Waals surface area contributed by atoms with Gasteiger partial charge in [0.2, 0.25) is 11.8 Å². The quantitative estimate of drug-likeness (QED) is 0.277. The first-order valence-electron chi connectivity index (χ1n) is 8.57. The third-order valence-electron chi connectivity index (χ3n) is 3.95. The number of benzene rings is 1. The Kier molecular flexibility index (Phi) is 8.66. The number of hydrogen-bond donors (Lipinski definition) is 4. The minimum atomic E-state index is -0.756. The highest BCUT2D eigenvalue weighted by Gasteiger charge is 2.25. The standard InChI is InChI=1S/C17H27N5O4/c1-11(2)15(19)17(24)21-14(5-3-4-10-18)16(23)20-12-6-8-13(9-7-12)22(25)26/h6-9,11,14-15H,3-5,10,18-19H2,1-2H3,(H,20,23)(H,21,24)/t14-,15+/m0/s1. The number of rotatable bonds is 10. The van der Waals surface area contributed by atoms with Gasteiger partial charge in [0, 0.05) is 17.8 Å². The molecule has 0 saturated heterocycles. The molecule has 0 spiro atoms. The van der Waals surface area contributed by atoms with Crippen LogP contribution in [-0.4, -0.2) is 35.4 Å². The summed E-state index contributed by atoms with van der Waals surface area (Å²) < 4.78 is 0. The van der Waals surface area contributed by atoms with E-state index in [0.29, 0.717) is 25.1 Å². The molecule has 1 rings (SSSR count). The van der Waals surface area contributed by atoms with Crippen LogP contribution in [0.4, 0.5) is 11.4 Å². The SMILES string of the molecule is CC(C)[C@@H](N)C(=O)N[C@@H](CCCCN)C(=O)Nc1ccc([N+](=O)[O-])cc1. The molecule has 9 heteroatoms. The largest absolute Gasteiger partial charge is 0.343 e. The first-order valence-corrected chi connectivity index (χ1v) is 8.57. The molecule has 0 radical (unpaired) electrons. The van der Waals surface area contributed by atoms with E-state index in [9.17, 15) is 19.7 Å². The molecule has 2 amide bonds. The highest BCUT2D eigenvalue weighted by atomic mass is 16.6. The fourth-order valence-corrected chi connectivity index (χ4v) is 2.23. The molecular weight excluding hydrogens is 338 g/mol. The van der Waals surface area contributed by atoms with Gasteiger partial charge in [-0.3, -0.25) is 19.7 Å². The van der Waals surface area contributed by atoms with E-state index >= 15 is 0 Å². The number of non-ortho nitro benzene ring substituents is 1. The molecule has 0 aromatic heterocycles. The molecule has 0 bridgehead atoms. The summed E-state index contributed by atoms with van der Waals surface area (Å²) in [4.78, 5) is 34.9. The Bertz CT molecular complexity index is 618. The number of unbranched alkanes of at least 4 members (excludes halogenated alkanes) is 1. The van der Waals surface area contributed by atoms with Crippen molar-refractivity contribution in [2.24, 2.45) is 17.4 Å². The van der Waals surface area contributed by atoms with Crippen molar-refractivity contribution in [2.75, 3.05) is 11.9 Å². The van der Waals surface area contributed by atoms with Gasteiger partial charge in [-0.1, -0.05) is 13.8 Å². The molecule has 26 heavy (non-hydrogen) atoms. The maximum atomic E-state index is 12.5. The van der Waals surface area contributed by atoms with Crippen LogP contribution in [0.5, 0.6) is 0 Å². The van der Waals surface area contributed by atoms with Crippen molar-refractivity contribution in [2.45, 2.75) is 45.2 Å². The van der Waals surface area contributed by atoms with Crippen molar-refractivity contribution in [3.8, 4) is 0 Å². The van der Waals surface area contributed by atoms with Crippen molar-refractivity contribution in [3.63, 3.8) is 0 Å². The van der Waals surface area contributed by atoms with Gasteiger partial charge < -0.3 is 22.1 Å². The predicted octanol–water partition coefficient (Wildman–Crippen LogP) is 1.13. The van der Waals surface area contributed by atoms with Crippen LogP contribution in [0.15, 0.2) is 24.3 Å². The summed E-state index contributed by atoms with van der Waals surface area (Å²) in [7, 11) is 0. The van der Waals surface area contributed by atoms with Gasteiger partial charge >= 0.3 is 0 Å². The van der Waals surface area contributed by atoms with Crippen LogP contribution in [0.2, 0.25) is 0 Å². The van der Waals surface area contributed by atoms with Crippen LogP contribution in [0.3, 0.4) is 0 Å². The molecule has 0 heterocycles. The molecule has 6 N–H and O–H groups in total.